The summed E-state index contributed by atoms with van der Waals surface area (Å²) in [5.74, 6) is 0.946. The van der Waals surface area contributed by atoms with Crippen LogP contribution in [0.3, 0.4) is 0 Å². The normalized spacial score (nSPS) is 11.3. The number of nitrogens with one attached hydrogen (secondary N) is 1. The van der Waals surface area contributed by atoms with Crippen LogP contribution in [-0.2, 0) is 11.2 Å². The highest BCUT2D eigenvalue weighted by molar-refractivity contribution is 5.76. The van der Waals surface area contributed by atoms with Crippen molar-refractivity contribution in [2.45, 2.75) is 39.2 Å². The van der Waals surface area contributed by atoms with Crippen LogP contribution < -0.4 is 5.32 Å². The maximum atomic E-state index is 11.7. The van der Waals surface area contributed by atoms with Gasteiger partial charge < -0.3 is 9.73 Å². The summed E-state index contributed by atoms with van der Waals surface area (Å²) in [6, 6.07) is 9.57. The van der Waals surface area contributed by atoms with Crippen molar-refractivity contribution in [3.63, 3.8) is 0 Å². The molecule has 0 aliphatic heterocycles. The van der Waals surface area contributed by atoms with E-state index in [2.05, 4.69) is 15.5 Å². The van der Waals surface area contributed by atoms with Crippen LogP contribution in [0.1, 0.15) is 33.1 Å². The lowest BCUT2D eigenvalue weighted by atomic mass is 10.1. The fraction of sp³-hybridized carbons (Fsp3) is 0.400. The molecule has 20 heavy (non-hydrogen) atoms. The van der Waals surface area contributed by atoms with Crippen LogP contribution in [0.25, 0.3) is 11.5 Å². The van der Waals surface area contributed by atoms with E-state index in [9.17, 15) is 4.79 Å². The molecule has 1 aromatic heterocycles. The van der Waals surface area contributed by atoms with Crippen molar-refractivity contribution >= 4 is 5.91 Å². The van der Waals surface area contributed by atoms with Crippen LogP contribution >= 0.6 is 0 Å². The van der Waals surface area contributed by atoms with Gasteiger partial charge in [-0.15, -0.1) is 10.2 Å². The van der Waals surface area contributed by atoms with Crippen LogP contribution in [-0.4, -0.2) is 21.6 Å². The topological polar surface area (TPSA) is 68.0 Å². The number of aromatic nitrogens is 2. The van der Waals surface area contributed by atoms with Crippen molar-refractivity contribution in [2.75, 3.05) is 0 Å². The van der Waals surface area contributed by atoms with Gasteiger partial charge in [-0.05, 0) is 32.9 Å². The number of carbonyl (C=O) groups excluding carboxylic acids is 1. The summed E-state index contributed by atoms with van der Waals surface area (Å²) in [7, 11) is 0. The Morgan fingerprint density at radius 1 is 1.20 bits per heavy atom. The third kappa shape index (κ3) is 4.19. The lowest BCUT2D eigenvalue weighted by molar-refractivity contribution is -0.122. The van der Waals surface area contributed by atoms with Crippen LogP contribution in [0, 0.1) is 0 Å². The van der Waals surface area contributed by atoms with Crippen LogP contribution in [0.2, 0.25) is 0 Å². The lowest BCUT2D eigenvalue weighted by Gasteiger charge is -2.20. The predicted octanol–water partition coefficient (Wildman–Crippen LogP) is 2.58. The van der Waals surface area contributed by atoms with Gasteiger partial charge in [0.05, 0.1) is 0 Å². The van der Waals surface area contributed by atoms with Gasteiger partial charge in [0.25, 0.3) is 0 Å². The van der Waals surface area contributed by atoms with E-state index in [0.717, 1.165) is 5.56 Å². The molecule has 1 amide bonds. The molecule has 0 saturated heterocycles. The fourth-order valence-corrected chi connectivity index (χ4v) is 1.75. The molecule has 0 bridgehead atoms. The van der Waals surface area contributed by atoms with Crippen molar-refractivity contribution in [3.05, 3.63) is 36.2 Å². The summed E-state index contributed by atoms with van der Waals surface area (Å²) in [6.45, 7) is 5.85. The van der Waals surface area contributed by atoms with Crippen molar-refractivity contribution in [1.29, 1.82) is 0 Å². The van der Waals surface area contributed by atoms with Crippen LogP contribution in [0.4, 0.5) is 0 Å². The highest BCUT2D eigenvalue weighted by Crippen LogP contribution is 2.17. The largest absolute Gasteiger partial charge is 0.421 e. The zero-order chi connectivity index (χ0) is 14.6. The number of amides is 1. The number of rotatable bonds is 4. The second-order valence-electron chi connectivity index (χ2n) is 5.67. The Morgan fingerprint density at radius 2 is 1.90 bits per heavy atom. The highest BCUT2D eigenvalue weighted by Gasteiger charge is 2.15. The summed E-state index contributed by atoms with van der Waals surface area (Å²) in [4.78, 5) is 11.7. The van der Waals surface area contributed by atoms with Gasteiger partial charge in [0.15, 0.2) is 0 Å². The van der Waals surface area contributed by atoms with Gasteiger partial charge in [-0.2, -0.15) is 0 Å². The fourth-order valence-electron chi connectivity index (χ4n) is 1.75. The molecule has 0 fully saturated rings. The van der Waals surface area contributed by atoms with E-state index < -0.39 is 0 Å². The molecule has 1 N–H and O–H groups in total. The maximum Gasteiger partial charge on any atom is 0.247 e. The number of hydrogen-bond acceptors (Lipinski definition) is 4. The van der Waals surface area contributed by atoms with Crippen molar-refractivity contribution in [1.82, 2.24) is 15.5 Å². The van der Waals surface area contributed by atoms with Gasteiger partial charge in [0.1, 0.15) is 0 Å². The monoisotopic (exact) mass is 273 g/mol. The Bertz CT molecular complexity index is 570. The van der Waals surface area contributed by atoms with E-state index in [-0.39, 0.29) is 11.4 Å². The van der Waals surface area contributed by atoms with Crippen molar-refractivity contribution < 1.29 is 9.21 Å². The average Bonchev–Trinajstić information content (AvgIpc) is 2.84. The van der Waals surface area contributed by atoms with Gasteiger partial charge in [-0.1, -0.05) is 18.2 Å². The van der Waals surface area contributed by atoms with Crippen molar-refractivity contribution in [2.24, 2.45) is 0 Å². The SMILES string of the molecule is CC(C)(C)NC(=O)CCc1nnc(-c2ccccc2)o1. The molecule has 2 rings (SSSR count). The maximum absolute atomic E-state index is 11.7. The standard InChI is InChI=1S/C15H19N3O2/c1-15(2,3)16-12(19)9-10-13-17-18-14(20-13)11-7-5-4-6-8-11/h4-8H,9-10H2,1-3H3,(H,16,19). The highest BCUT2D eigenvalue weighted by atomic mass is 16.4. The Morgan fingerprint density at radius 3 is 2.55 bits per heavy atom. The first-order chi connectivity index (χ1) is 9.44. The van der Waals surface area contributed by atoms with E-state index >= 15 is 0 Å². The second-order valence-corrected chi connectivity index (χ2v) is 5.67. The van der Waals surface area contributed by atoms with Gasteiger partial charge in [-0.25, -0.2) is 0 Å². The minimum Gasteiger partial charge on any atom is -0.421 e. The van der Waals surface area contributed by atoms with Gasteiger partial charge in [0, 0.05) is 23.9 Å². The summed E-state index contributed by atoms with van der Waals surface area (Å²) >= 11 is 0. The predicted molar refractivity (Wildman–Crippen MR) is 76.0 cm³/mol. The number of nitrogens with zero attached hydrogens (tertiary/aromatic N) is 2. The molecule has 0 spiro atoms. The average molecular weight is 273 g/mol. The second kappa shape index (κ2) is 5.86. The molecule has 0 aliphatic rings. The third-order valence-corrected chi connectivity index (χ3v) is 2.57. The van der Waals surface area contributed by atoms with Gasteiger partial charge in [-0.3, -0.25) is 4.79 Å². The van der Waals surface area contributed by atoms with Crippen LogP contribution in [0.5, 0.6) is 0 Å². The summed E-state index contributed by atoms with van der Waals surface area (Å²) in [5, 5.41) is 10.9. The third-order valence-electron chi connectivity index (χ3n) is 2.57. The number of aryl methyl sites for hydroxylation is 1. The number of carbonyl (C=O) groups is 1. The van der Waals surface area contributed by atoms with E-state index in [1.54, 1.807) is 0 Å². The molecule has 1 aromatic carbocycles. The Kier molecular flexibility index (Phi) is 4.17. The minimum atomic E-state index is -0.221. The van der Waals surface area contributed by atoms with Crippen molar-refractivity contribution in [3.8, 4) is 11.5 Å². The summed E-state index contributed by atoms with van der Waals surface area (Å²) in [6.07, 6.45) is 0.787. The molecule has 0 radical (unpaired) electrons. The molecule has 0 aliphatic carbocycles. The molecule has 1 heterocycles. The van der Waals surface area contributed by atoms with E-state index in [1.165, 1.54) is 0 Å². The molecule has 5 heteroatoms. The zero-order valence-electron chi connectivity index (χ0n) is 12.0. The molecule has 0 saturated carbocycles. The summed E-state index contributed by atoms with van der Waals surface area (Å²) in [5.41, 5.74) is 0.659. The summed E-state index contributed by atoms with van der Waals surface area (Å²) < 4.78 is 5.55. The van der Waals surface area contributed by atoms with Gasteiger partial charge in [0.2, 0.25) is 17.7 Å². The minimum absolute atomic E-state index is 0.0167. The van der Waals surface area contributed by atoms with Gasteiger partial charge >= 0.3 is 0 Å². The quantitative estimate of drug-likeness (QED) is 0.929. The van der Waals surface area contributed by atoms with Crippen LogP contribution in [0.15, 0.2) is 34.7 Å². The first-order valence-electron chi connectivity index (χ1n) is 6.63. The van der Waals surface area contributed by atoms with E-state index in [0.29, 0.717) is 24.6 Å². The molecule has 0 atom stereocenters. The number of hydrogen-bond donors (Lipinski definition) is 1. The molecular formula is C15H19N3O2. The Labute approximate surface area is 118 Å². The lowest BCUT2D eigenvalue weighted by Crippen LogP contribution is -2.40. The molecular weight excluding hydrogens is 254 g/mol. The molecule has 0 unspecified atom stereocenters. The number of benzene rings is 1. The Balaban J connectivity index is 1.92. The molecule has 5 nitrogen and oxygen atoms in total. The van der Waals surface area contributed by atoms with E-state index in [4.69, 9.17) is 4.42 Å². The molecule has 106 valence electrons. The van der Waals surface area contributed by atoms with E-state index in [1.807, 2.05) is 51.1 Å². The first-order valence-corrected chi connectivity index (χ1v) is 6.63. The Hall–Kier alpha value is -2.17. The smallest absolute Gasteiger partial charge is 0.247 e. The first kappa shape index (κ1) is 14.2. The zero-order valence-corrected chi connectivity index (χ0v) is 12.0. The molecule has 2 aromatic rings.